The number of hydrogen-bond acceptors (Lipinski definition) is 5. The number of fused-ring (bicyclic) bond motifs is 5. The first kappa shape index (κ1) is 25.0. The van der Waals surface area contributed by atoms with Crippen LogP contribution in [0.5, 0.6) is 0 Å². The molecule has 0 unspecified atom stereocenters. The van der Waals surface area contributed by atoms with Gasteiger partial charge in [-0.2, -0.15) is 0 Å². The third-order valence-electron chi connectivity index (χ3n) is 9.99. The molecule has 1 amide bonds. The molecule has 0 saturated heterocycles. The number of aliphatic hydroxyl groups is 1. The lowest BCUT2D eigenvalue weighted by Gasteiger charge is -2.57. The molecule has 0 radical (unpaired) electrons. The van der Waals surface area contributed by atoms with Crippen molar-refractivity contribution >= 4 is 17.6 Å². The maximum Gasteiger partial charge on any atom is 0.330 e. The van der Waals surface area contributed by atoms with Crippen molar-refractivity contribution in [1.29, 1.82) is 0 Å². The van der Waals surface area contributed by atoms with E-state index in [2.05, 4.69) is 30.4 Å². The molecule has 3 N–H and O–H groups in total. The fourth-order valence-electron chi connectivity index (χ4n) is 7.93. The fraction of sp³-hybridized carbons (Fsp3) is 0.621. The molecule has 1 aromatic carbocycles. The summed E-state index contributed by atoms with van der Waals surface area (Å²) in [6, 6.07) is 7.48. The van der Waals surface area contributed by atoms with Crippen LogP contribution < -0.4 is 5.32 Å². The number of amides is 1. The number of benzene rings is 1. The molecule has 0 spiro atoms. The summed E-state index contributed by atoms with van der Waals surface area (Å²) < 4.78 is 0. The minimum atomic E-state index is -1.12. The van der Waals surface area contributed by atoms with E-state index >= 15 is 0 Å². The second-order valence-electron chi connectivity index (χ2n) is 11.7. The molecule has 0 heterocycles. The van der Waals surface area contributed by atoms with Gasteiger partial charge in [0, 0.05) is 0 Å². The largest absolute Gasteiger partial charge is 0.479 e. The molecule has 7 nitrogen and oxygen atoms in total. The van der Waals surface area contributed by atoms with Gasteiger partial charge in [0.1, 0.15) is 0 Å². The van der Waals surface area contributed by atoms with Crippen LogP contribution in [0.2, 0.25) is 0 Å². The van der Waals surface area contributed by atoms with E-state index < -0.39 is 17.9 Å². The number of allylic oxidation sites excluding steroid dienone is 2. The average Bonchev–Trinajstić information content (AvgIpc) is 3.17. The van der Waals surface area contributed by atoms with Crippen molar-refractivity contribution in [2.24, 2.45) is 33.7 Å². The van der Waals surface area contributed by atoms with E-state index in [1.807, 2.05) is 0 Å². The number of carboxylic acid groups (broad SMARTS) is 1. The van der Waals surface area contributed by atoms with E-state index in [9.17, 15) is 19.8 Å². The van der Waals surface area contributed by atoms with Gasteiger partial charge in [-0.15, -0.1) is 0 Å². The number of nitrogens with one attached hydrogen (secondary N) is 1. The highest BCUT2D eigenvalue weighted by molar-refractivity contribution is 5.96. The number of hydrogen-bond donors (Lipinski definition) is 3. The molecule has 194 valence electrons. The van der Waals surface area contributed by atoms with Crippen LogP contribution in [0, 0.1) is 28.6 Å². The lowest BCUT2D eigenvalue weighted by atomic mass is 9.47. The summed E-state index contributed by atoms with van der Waals surface area (Å²) in [5.41, 5.74) is 3.06. The van der Waals surface area contributed by atoms with Gasteiger partial charge >= 0.3 is 5.97 Å². The van der Waals surface area contributed by atoms with Crippen LogP contribution in [0.4, 0.5) is 0 Å². The van der Waals surface area contributed by atoms with Gasteiger partial charge in [0.25, 0.3) is 5.91 Å². The lowest BCUT2D eigenvalue weighted by Crippen LogP contribution is -2.51. The smallest absolute Gasteiger partial charge is 0.330 e. The summed E-state index contributed by atoms with van der Waals surface area (Å²) >= 11 is 0. The topological polar surface area (TPSA) is 108 Å². The van der Waals surface area contributed by atoms with Gasteiger partial charge < -0.3 is 20.4 Å². The van der Waals surface area contributed by atoms with E-state index in [4.69, 9.17) is 4.84 Å². The van der Waals surface area contributed by atoms with E-state index in [0.29, 0.717) is 23.3 Å². The first-order chi connectivity index (χ1) is 17.2. The molecule has 7 heteroatoms. The zero-order valence-corrected chi connectivity index (χ0v) is 21.3. The Bertz CT molecular complexity index is 1070. The standard InChI is InChI=1S/C29H38N2O5/c1-28-14-12-20(31-36-17-25(33)30-26(27(34)35)18-6-4-3-5-7-18)16-19(28)8-9-21-22-10-11-24(32)29(22,2)15-13-23(21)28/h3-7,16,21-24,26,32H,8-15,17H2,1-2H3,(H,30,33)(H,34,35)/b31-20-/t21-,22-,23-,24-,26-,28+,29+/m1/s1. The summed E-state index contributed by atoms with van der Waals surface area (Å²) in [6.45, 7) is 4.41. The van der Waals surface area contributed by atoms with E-state index in [0.717, 1.165) is 44.2 Å². The number of aliphatic hydroxyl groups excluding tert-OH is 1. The highest BCUT2D eigenvalue weighted by atomic mass is 16.6. The van der Waals surface area contributed by atoms with Crippen molar-refractivity contribution in [1.82, 2.24) is 5.32 Å². The van der Waals surface area contributed by atoms with Crippen LogP contribution in [0.25, 0.3) is 0 Å². The molecule has 0 aliphatic heterocycles. The molecule has 3 saturated carbocycles. The Labute approximate surface area is 213 Å². The highest BCUT2D eigenvalue weighted by Crippen LogP contribution is 2.65. The van der Waals surface area contributed by atoms with Gasteiger partial charge in [-0.25, -0.2) is 4.79 Å². The molecular weight excluding hydrogens is 456 g/mol. The average molecular weight is 495 g/mol. The highest BCUT2D eigenvalue weighted by Gasteiger charge is 2.58. The van der Waals surface area contributed by atoms with Gasteiger partial charge in [0.15, 0.2) is 12.6 Å². The Morgan fingerprint density at radius 1 is 1.08 bits per heavy atom. The first-order valence-corrected chi connectivity index (χ1v) is 13.4. The van der Waals surface area contributed by atoms with Crippen molar-refractivity contribution in [2.75, 3.05) is 6.61 Å². The molecule has 36 heavy (non-hydrogen) atoms. The Kier molecular flexibility index (Phi) is 6.70. The lowest BCUT2D eigenvalue weighted by molar-refractivity contribution is -0.142. The third-order valence-corrected chi connectivity index (χ3v) is 9.99. The molecule has 7 atom stereocenters. The summed E-state index contributed by atoms with van der Waals surface area (Å²) in [5.74, 6) is 0.330. The van der Waals surface area contributed by atoms with Crippen molar-refractivity contribution in [3.05, 3.63) is 47.5 Å². The minimum Gasteiger partial charge on any atom is -0.479 e. The molecule has 0 aromatic heterocycles. The zero-order chi connectivity index (χ0) is 25.5. The van der Waals surface area contributed by atoms with Gasteiger partial charge in [-0.1, -0.05) is 54.9 Å². The van der Waals surface area contributed by atoms with Gasteiger partial charge in [0.05, 0.1) is 11.8 Å². The van der Waals surface area contributed by atoms with Crippen molar-refractivity contribution in [2.45, 2.75) is 77.4 Å². The van der Waals surface area contributed by atoms with E-state index in [1.54, 1.807) is 30.3 Å². The van der Waals surface area contributed by atoms with Crippen LogP contribution in [0.1, 0.15) is 76.8 Å². The van der Waals surface area contributed by atoms with Crippen LogP contribution in [-0.4, -0.2) is 40.5 Å². The normalized spacial score (nSPS) is 37.2. The monoisotopic (exact) mass is 494 g/mol. The Balaban J connectivity index is 1.21. The number of aliphatic carboxylic acids is 1. The molecule has 3 fully saturated rings. The van der Waals surface area contributed by atoms with Crippen molar-refractivity contribution < 1.29 is 24.6 Å². The molecular formula is C29H38N2O5. The summed E-state index contributed by atoms with van der Waals surface area (Å²) in [7, 11) is 0. The molecule has 0 bridgehead atoms. The summed E-state index contributed by atoms with van der Waals surface area (Å²) in [6.07, 6.45) is 10.5. The Morgan fingerprint density at radius 2 is 1.86 bits per heavy atom. The second-order valence-corrected chi connectivity index (χ2v) is 11.7. The van der Waals surface area contributed by atoms with Crippen LogP contribution >= 0.6 is 0 Å². The SMILES string of the molecule is C[C@]12CC[C@@H]3[C@H](CCC4=C/C(=N\OCC(=O)N[C@@H](C(=O)O)c5ccccc5)CC[C@@]43C)[C@H]1CC[C@H]2O. The number of carbonyl (C=O) groups excluding carboxylic acids is 1. The Morgan fingerprint density at radius 3 is 2.61 bits per heavy atom. The van der Waals surface area contributed by atoms with Gasteiger partial charge in [-0.3, -0.25) is 4.79 Å². The summed E-state index contributed by atoms with van der Waals surface area (Å²) in [5, 5.41) is 26.9. The third kappa shape index (κ3) is 4.36. The number of oxime groups is 1. The summed E-state index contributed by atoms with van der Waals surface area (Å²) in [4.78, 5) is 29.3. The first-order valence-electron chi connectivity index (χ1n) is 13.4. The minimum absolute atomic E-state index is 0.0919. The maximum absolute atomic E-state index is 12.3. The predicted octanol–water partition coefficient (Wildman–Crippen LogP) is 4.62. The fourth-order valence-corrected chi connectivity index (χ4v) is 7.93. The molecule has 1 aromatic rings. The number of nitrogens with zero attached hydrogens (tertiary/aromatic N) is 1. The zero-order valence-electron chi connectivity index (χ0n) is 21.3. The quantitative estimate of drug-likeness (QED) is 0.500. The molecule has 4 aliphatic carbocycles. The van der Waals surface area contributed by atoms with Gasteiger partial charge in [0.2, 0.25) is 0 Å². The van der Waals surface area contributed by atoms with E-state index in [-0.39, 0.29) is 23.5 Å². The Hall–Kier alpha value is -2.67. The molecule has 4 aliphatic rings. The second kappa shape index (κ2) is 9.66. The maximum atomic E-state index is 12.3. The van der Waals surface area contributed by atoms with Crippen molar-refractivity contribution in [3.63, 3.8) is 0 Å². The molecule has 5 rings (SSSR count). The number of carbonyl (C=O) groups is 2. The van der Waals surface area contributed by atoms with Crippen LogP contribution in [-0.2, 0) is 14.4 Å². The van der Waals surface area contributed by atoms with Crippen molar-refractivity contribution in [3.8, 4) is 0 Å². The predicted molar refractivity (Wildman–Crippen MR) is 136 cm³/mol. The number of carboxylic acids is 1. The van der Waals surface area contributed by atoms with Crippen LogP contribution in [0.15, 0.2) is 47.1 Å². The van der Waals surface area contributed by atoms with Gasteiger partial charge in [-0.05, 0) is 91.6 Å². The van der Waals surface area contributed by atoms with Crippen LogP contribution in [0.3, 0.4) is 0 Å². The van der Waals surface area contributed by atoms with E-state index in [1.165, 1.54) is 18.4 Å². The number of rotatable bonds is 6.